The first-order valence-corrected chi connectivity index (χ1v) is 15.4. The van der Waals surface area contributed by atoms with Gasteiger partial charge in [0.25, 0.3) is 12.4 Å². The largest absolute Gasteiger partial charge is 0.497 e. The molecule has 1 aliphatic heterocycles. The Labute approximate surface area is 273 Å². The van der Waals surface area contributed by atoms with E-state index in [0.29, 0.717) is 53.6 Å². The molecule has 0 atom stereocenters. The number of amides is 1. The van der Waals surface area contributed by atoms with Crippen LogP contribution in [0.3, 0.4) is 0 Å². The van der Waals surface area contributed by atoms with E-state index < -0.39 is 0 Å². The minimum Gasteiger partial charge on any atom is -0.497 e. The maximum atomic E-state index is 14.0. The van der Waals surface area contributed by atoms with Crippen LogP contribution in [0.4, 0.5) is 0 Å². The van der Waals surface area contributed by atoms with Crippen LogP contribution in [0.15, 0.2) is 60.2 Å². The molecule has 0 saturated heterocycles. The molecule has 0 radical (unpaired) electrons. The third-order valence-corrected chi connectivity index (χ3v) is 7.99. The van der Waals surface area contributed by atoms with Gasteiger partial charge in [-0.25, -0.2) is 0 Å². The Morgan fingerprint density at radius 2 is 1.56 bits per heavy atom. The maximum absolute atomic E-state index is 14.0. The molecule has 5 rings (SSSR count). The Morgan fingerprint density at radius 1 is 0.956 bits per heavy atom. The van der Waals surface area contributed by atoms with Crippen LogP contribution in [-0.4, -0.2) is 69.0 Å². The summed E-state index contributed by atoms with van der Waals surface area (Å²) in [7, 11) is 3.27. The molecule has 0 spiro atoms. The van der Waals surface area contributed by atoms with Gasteiger partial charge in [-0.15, -0.1) is 0 Å². The number of hydrogen-bond donors (Lipinski definition) is 2. The Bertz CT molecular complexity index is 1460. The molecule has 2 aliphatic rings. The predicted molar refractivity (Wildman–Crippen MR) is 175 cm³/mol. The number of aryl methyl sites for hydroxylation is 1. The number of carbonyl (C=O) groups excluding carboxylic acids is 1. The van der Waals surface area contributed by atoms with Crippen LogP contribution in [0.1, 0.15) is 36.0 Å². The van der Waals surface area contributed by atoms with Crippen molar-refractivity contribution in [2.24, 2.45) is 0 Å². The number of halogens is 2. The molecule has 3 aromatic carbocycles. The molecule has 45 heavy (non-hydrogen) atoms. The zero-order valence-corrected chi connectivity index (χ0v) is 27.1. The molecule has 2 N–H and O–H groups in total. The quantitative estimate of drug-likeness (QED) is 0.170. The van der Waals surface area contributed by atoms with Crippen LogP contribution in [-0.2, 0) is 16.1 Å². The Balaban J connectivity index is 0.00000148. The van der Waals surface area contributed by atoms with E-state index in [1.807, 2.05) is 66.4 Å². The minimum atomic E-state index is -0.250. The molecule has 11 heteroatoms. The number of ether oxygens (including phenoxy) is 4. The first-order valence-electron chi connectivity index (χ1n) is 14.6. The smallest absolute Gasteiger partial charge is 0.290 e. The standard InChI is InChI=1S/C33H36Cl2N2O5.CH2O2/c1-21-14-30(34)32(31(35)15-21)42-13-12-41-25-8-4-23(5-9-25)28-10-11-36-19-29(28)33(38)37(24-6-7-24)20-22-16-26(39-2)18-27(17-22)40-3;2-1-3/h4-5,8-9,14-18,24,36H,6-7,10-13,19-20H2,1-3H3;1H,(H,2,3). The van der Waals surface area contributed by atoms with Crippen molar-refractivity contribution in [2.75, 3.05) is 40.5 Å². The number of nitrogens with zero attached hydrogens (tertiary/aromatic N) is 1. The molecule has 0 unspecified atom stereocenters. The number of benzene rings is 3. The Kier molecular flexibility index (Phi) is 12.4. The summed E-state index contributed by atoms with van der Waals surface area (Å²) in [6.07, 6.45) is 2.81. The second kappa shape index (κ2) is 16.4. The lowest BCUT2D eigenvalue weighted by atomic mass is 9.93. The van der Waals surface area contributed by atoms with E-state index in [9.17, 15) is 4.79 Å². The van der Waals surface area contributed by atoms with Crippen molar-refractivity contribution in [3.8, 4) is 23.0 Å². The summed E-state index contributed by atoms with van der Waals surface area (Å²) < 4.78 is 22.6. The maximum Gasteiger partial charge on any atom is 0.290 e. The van der Waals surface area contributed by atoms with Gasteiger partial charge in [0.1, 0.15) is 30.5 Å². The predicted octanol–water partition coefficient (Wildman–Crippen LogP) is 6.42. The van der Waals surface area contributed by atoms with E-state index in [-0.39, 0.29) is 18.4 Å². The molecule has 1 fully saturated rings. The summed E-state index contributed by atoms with van der Waals surface area (Å²) in [6, 6.07) is 17.5. The van der Waals surface area contributed by atoms with E-state index in [4.69, 9.17) is 52.1 Å². The van der Waals surface area contributed by atoms with Crippen molar-refractivity contribution in [3.63, 3.8) is 0 Å². The van der Waals surface area contributed by atoms with Gasteiger partial charge in [-0.05, 0) is 91.4 Å². The molecule has 1 heterocycles. The van der Waals surface area contributed by atoms with Crippen LogP contribution in [0.2, 0.25) is 10.0 Å². The van der Waals surface area contributed by atoms with Crippen molar-refractivity contribution in [1.29, 1.82) is 0 Å². The highest BCUT2D eigenvalue weighted by molar-refractivity contribution is 6.37. The van der Waals surface area contributed by atoms with Crippen LogP contribution >= 0.6 is 23.2 Å². The number of nitrogens with one attached hydrogen (secondary N) is 1. The number of rotatable bonds is 12. The fourth-order valence-corrected chi connectivity index (χ4v) is 5.87. The van der Waals surface area contributed by atoms with Crippen molar-refractivity contribution in [2.45, 2.75) is 38.8 Å². The van der Waals surface area contributed by atoms with Crippen LogP contribution in [0.5, 0.6) is 23.0 Å². The lowest BCUT2D eigenvalue weighted by Gasteiger charge is -2.28. The van der Waals surface area contributed by atoms with E-state index in [0.717, 1.165) is 59.4 Å². The van der Waals surface area contributed by atoms with Crippen molar-refractivity contribution >= 4 is 41.2 Å². The summed E-state index contributed by atoms with van der Waals surface area (Å²) in [5.74, 6) is 2.68. The summed E-state index contributed by atoms with van der Waals surface area (Å²) in [5, 5.41) is 11.2. The van der Waals surface area contributed by atoms with E-state index in [1.54, 1.807) is 14.2 Å². The van der Waals surface area contributed by atoms with Gasteiger partial charge in [0.15, 0.2) is 5.75 Å². The van der Waals surface area contributed by atoms with E-state index in [2.05, 4.69) is 5.32 Å². The highest BCUT2D eigenvalue weighted by Crippen LogP contribution is 2.35. The van der Waals surface area contributed by atoms with Crippen LogP contribution in [0.25, 0.3) is 5.57 Å². The summed E-state index contributed by atoms with van der Waals surface area (Å²) in [5.41, 5.74) is 4.87. The van der Waals surface area contributed by atoms with Crippen molar-refractivity contribution < 1.29 is 33.6 Å². The average Bonchev–Trinajstić information content (AvgIpc) is 3.88. The van der Waals surface area contributed by atoms with Crippen molar-refractivity contribution in [1.82, 2.24) is 10.2 Å². The SMILES string of the molecule is COc1cc(CN(C(=O)C2=C(c3ccc(OCCOc4c(Cl)cc(C)cc4Cl)cc3)CCNC2)C2CC2)cc(OC)c1.O=CO. The third-order valence-electron chi connectivity index (χ3n) is 7.43. The highest BCUT2D eigenvalue weighted by atomic mass is 35.5. The third kappa shape index (κ3) is 9.29. The zero-order chi connectivity index (χ0) is 32.3. The van der Waals surface area contributed by atoms with Crippen LogP contribution < -0.4 is 24.3 Å². The lowest BCUT2D eigenvalue weighted by Crippen LogP contribution is -2.39. The van der Waals surface area contributed by atoms with Gasteiger partial charge in [0, 0.05) is 30.8 Å². The van der Waals surface area contributed by atoms with Gasteiger partial charge in [0.05, 0.1) is 24.3 Å². The fraction of sp³-hybridized carbons (Fsp3) is 0.353. The second-order valence-corrected chi connectivity index (χ2v) is 11.5. The highest BCUT2D eigenvalue weighted by Gasteiger charge is 2.35. The first kappa shape index (κ1) is 34.0. The molecule has 0 aromatic heterocycles. The molecule has 1 amide bonds. The molecule has 240 valence electrons. The monoisotopic (exact) mass is 656 g/mol. The second-order valence-electron chi connectivity index (χ2n) is 10.7. The molecular weight excluding hydrogens is 619 g/mol. The number of carbonyl (C=O) groups is 2. The van der Waals surface area contributed by atoms with Gasteiger partial charge in [0.2, 0.25) is 0 Å². The first-order chi connectivity index (χ1) is 21.8. The number of hydrogen-bond acceptors (Lipinski definition) is 7. The van der Waals surface area contributed by atoms with Gasteiger partial charge >= 0.3 is 0 Å². The average molecular weight is 658 g/mol. The number of carboxylic acid groups (broad SMARTS) is 1. The molecule has 1 aliphatic carbocycles. The normalized spacial score (nSPS) is 14.2. The van der Waals surface area contributed by atoms with E-state index >= 15 is 0 Å². The topological polar surface area (TPSA) is 107 Å². The Morgan fingerprint density at radius 3 is 2.13 bits per heavy atom. The van der Waals surface area contributed by atoms with Gasteiger partial charge in [-0.3, -0.25) is 9.59 Å². The van der Waals surface area contributed by atoms with Gasteiger partial charge in [-0.1, -0.05) is 35.3 Å². The molecular formula is C34H38Cl2N2O7. The van der Waals surface area contributed by atoms with Crippen molar-refractivity contribution in [3.05, 3.63) is 86.9 Å². The molecule has 1 saturated carbocycles. The lowest BCUT2D eigenvalue weighted by molar-refractivity contribution is -0.128. The summed E-state index contributed by atoms with van der Waals surface area (Å²) in [6.45, 7) is 4.18. The summed E-state index contributed by atoms with van der Waals surface area (Å²) in [4.78, 5) is 24.4. The molecule has 3 aromatic rings. The van der Waals surface area contributed by atoms with Gasteiger partial charge in [-0.2, -0.15) is 0 Å². The minimum absolute atomic E-state index is 0.0763. The van der Waals surface area contributed by atoms with Crippen LogP contribution in [0, 0.1) is 6.92 Å². The zero-order valence-electron chi connectivity index (χ0n) is 25.6. The number of methoxy groups -OCH3 is 2. The van der Waals surface area contributed by atoms with Gasteiger partial charge < -0.3 is 34.3 Å². The van der Waals surface area contributed by atoms with E-state index in [1.165, 1.54) is 0 Å². The Hall–Kier alpha value is -3.92. The summed E-state index contributed by atoms with van der Waals surface area (Å²) >= 11 is 12.5. The fourth-order valence-electron chi connectivity index (χ4n) is 5.17. The molecule has 9 nitrogen and oxygen atoms in total. The molecule has 0 bridgehead atoms.